The molecular weight excluding hydrogens is 372 g/mol. The van der Waals surface area contributed by atoms with E-state index in [0.717, 1.165) is 18.4 Å². The number of rotatable bonds is 3. The highest BCUT2D eigenvalue weighted by Crippen LogP contribution is 2.67. The van der Waals surface area contributed by atoms with Gasteiger partial charge in [-0.1, -0.05) is 25.5 Å². The molecule has 3 fully saturated rings. The second-order valence-corrected chi connectivity index (χ2v) is 9.81. The first-order chi connectivity index (χ1) is 13.5. The number of carbonyl (C=O) groups is 3. The fraction of sp³-hybridized carbons (Fsp3) is 0.696. The molecule has 0 aromatic rings. The molecule has 4 aliphatic carbocycles. The molecule has 0 spiro atoms. The molecule has 0 bridgehead atoms. The Kier molecular flexibility index (Phi) is 4.67. The largest absolute Gasteiger partial charge is 0.458 e. The number of Topliss-reactive ketones (excluding diaryl/α,β-unsaturated/α-hetero) is 1. The van der Waals surface area contributed by atoms with Gasteiger partial charge in [0.15, 0.2) is 12.4 Å². The van der Waals surface area contributed by atoms with Gasteiger partial charge in [0.2, 0.25) is 5.78 Å². The highest BCUT2D eigenvalue weighted by Gasteiger charge is 2.68. The molecule has 7 atom stereocenters. The average Bonchev–Trinajstić information content (AvgIpc) is 2.91. The maximum absolute atomic E-state index is 12.9. The van der Waals surface area contributed by atoms with Crippen molar-refractivity contribution in [3.8, 4) is 0 Å². The van der Waals surface area contributed by atoms with Crippen LogP contribution in [0.15, 0.2) is 23.8 Å². The van der Waals surface area contributed by atoms with E-state index in [-0.39, 0.29) is 29.0 Å². The molecule has 4 aliphatic rings. The standard InChI is InChI=1S/C23H30O6/c1-13(24)29-12-19(27)23(28)9-7-17-16-5-4-14-10-15(25)6-8-21(14,2)20(16)18(26)11-22(17,23)3/h6,8,10,16-18,20,26,28H,4-5,7,9,11-12H2,1-3H3/t16?,17?,18?,20?,21-,22-,23-/m0/s1. The first-order valence-electron chi connectivity index (χ1n) is 10.5. The first kappa shape index (κ1) is 20.5. The maximum Gasteiger partial charge on any atom is 0.303 e. The molecule has 0 amide bonds. The molecule has 4 rings (SSSR count). The molecule has 2 N–H and O–H groups in total. The summed E-state index contributed by atoms with van der Waals surface area (Å²) < 4.78 is 4.88. The number of hydrogen-bond donors (Lipinski definition) is 2. The normalized spacial score (nSPS) is 45.7. The molecule has 6 heteroatoms. The Labute approximate surface area is 171 Å². The maximum atomic E-state index is 12.9. The van der Waals surface area contributed by atoms with Gasteiger partial charge >= 0.3 is 5.97 Å². The van der Waals surface area contributed by atoms with Gasteiger partial charge in [-0.25, -0.2) is 0 Å². The van der Waals surface area contributed by atoms with Gasteiger partial charge in [0.25, 0.3) is 0 Å². The van der Waals surface area contributed by atoms with Crippen LogP contribution >= 0.6 is 0 Å². The molecule has 4 unspecified atom stereocenters. The molecule has 0 aromatic heterocycles. The lowest BCUT2D eigenvalue weighted by Crippen LogP contribution is -2.61. The average molecular weight is 402 g/mol. The molecule has 6 nitrogen and oxygen atoms in total. The van der Waals surface area contributed by atoms with Crippen molar-refractivity contribution < 1.29 is 29.3 Å². The van der Waals surface area contributed by atoms with Crippen LogP contribution in [0.25, 0.3) is 0 Å². The number of hydrogen-bond acceptors (Lipinski definition) is 6. The van der Waals surface area contributed by atoms with Gasteiger partial charge in [-0.2, -0.15) is 0 Å². The van der Waals surface area contributed by atoms with Crippen LogP contribution in [0.3, 0.4) is 0 Å². The van der Waals surface area contributed by atoms with Crippen LogP contribution in [0.4, 0.5) is 0 Å². The zero-order chi connectivity index (χ0) is 21.2. The molecule has 3 saturated carbocycles. The number of aliphatic hydroxyl groups excluding tert-OH is 1. The summed E-state index contributed by atoms with van der Waals surface area (Å²) in [6.45, 7) is 4.80. The van der Waals surface area contributed by atoms with Crippen LogP contribution in [0.1, 0.15) is 52.9 Å². The lowest BCUT2D eigenvalue weighted by molar-refractivity contribution is -0.181. The number of aliphatic hydroxyl groups is 2. The van der Waals surface area contributed by atoms with E-state index in [1.165, 1.54) is 6.92 Å². The van der Waals surface area contributed by atoms with Crippen LogP contribution in [-0.2, 0) is 19.1 Å². The van der Waals surface area contributed by atoms with E-state index in [1.54, 1.807) is 12.2 Å². The van der Waals surface area contributed by atoms with Crippen LogP contribution in [-0.4, -0.2) is 46.1 Å². The predicted molar refractivity (Wildman–Crippen MR) is 105 cm³/mol. The summed E-state index contributed by atoms with van der Waals surface area (Å²) in [6, 6.07) is 0. The minimum absolute atomic E-state index is 0.00243. The van der Waals surface area contributed by atoms with E-state index in [2.05, 4.69) is 6.92 Å². The summed E-state index contributed by atoms with van der Waals surface area (Å²) in [7, 11) is 0. The summed E-state index contributed by atoms with van der Waals surface area (Å²) >= 11 is 0. The highest BCUT2D eigenvalue weighted by atomic mass is 16.5. The third kappa shape index (κ3) is 2.79. The smallest absolute Gasteiger partial charge is 0.303 e. The number of fused-ring (bicyclic) bond motifs is 5. The Hall–Kier alpha value is -1.79. The van der Waals surface area contributed by atoms with Gasteiger partial charge in [-0.15, -0.1) is 0 Å². The van der Waals surface area contributed by atoms with E-state index < -0.39 is 35.5 Å². The SMILES string of the molecule is CC(=O)OCC(=O)[C@@]1(O)CCC2C3CCC4=CC(=O)C=C[C@]4(C)C3C(O)C[C@@]21C. The molecule has 0 saturated heterocycles. The topological polar surface area (TPSA) is 101 Å². The number of allylic oxidation sites excluding steroid dienone is 4. The summed E-state index contributed by atoms with van der Waals surface area (Å²) in [6.07, 6.45) is 7.50. The van der Waals surface area contributed by atoms with Crippen LogP contribution in [0, 0.1) is 28.6 Å². The summed E-state index contributed by atoms with van der Waals surface area (Å²) in [5.41, 5.74) is -1.67. The second-order valence-electron chi connectivity index (χ2n) is 9.81. The lowest BCUT2D eigenvalue weighted by Gasteiger charge is -2.59. The number of esters is 1. The summed E-state index contributed by atoms with van der Waals surface area (Å²) in [5, 5.41) is 22.7. The molecule has 0 aromatic carbocycles. The van der Waals surface area contributed by atoms with E-state index in [0.29, 0.717) is 19.3 Å². The van der Waals surface area contributed by atoms with Crippen LogP contribution < -0.4 is 0 Å². The molecule has 0 radical (unpaired) electrons. The van der Waals surface area contributed by atoms with Gasteiger partial charge < -0.3 is 14.9 Å². The Morgan fingerprint density at radius 1 is 1.28 bits per heavy atom. The summed E-state index contributed by atoms with van der Waals surface area (Å²) in [4.78, 5) is 35.9. The third-order valence-electron chi connectivity index (χ3n) is 8.52. The first-order valence-corrected chi connectivity index (χ1v) is 10.5. The minimum Gasteiger partial charge on any atom is -0.458 e. The fourth-order valence-corrected chi connectivity index (χ4v) is 7.08. The number of carbonyl (C=O) groups excluding carboxylic acids is 3. The lowest BCUT2D eigenvalue weighted by atomic mass is 9.46. The predicted octanol–water partition coefficient (Wildman–Crippen LogP) is 2.13. The van der Waals surface area contributed by atoms with E-state index in [1.807, 2.05) is 13.0 Å². The molecule has 29 heavy (non-hydrogen) atoms. The van der Waals surface area contributed by atoms with Crippen molar-refractivity contribution in [1.29, 1.82) is 0 Å². The van der Waals surface area contributed by atoms with E-state index in [4.69, 9.17) is 4.74 Å². The zero-order valence-electron chi connectivity index (χ0n) is 17.3. The van der Waals surface area contributed by atoms with Crippen molar-refractivity contribution >= 4 is 17.5 Å². The van der Waals surface area contributed by atoms with Crippen molar-refractivity contribution in [2.24, 2.45) is 28.6 Å². The van der Waals surface area contributed by atoms with Crippen molar-refractivity contribution in [2.75, 3.05) is 6.61 Å². The van der Waals surface area contributed by atoms with Gasteiger partial charge in [-0.05, 0) is 56.1 Å². The molecular formula is C23H30O6. The molecule has 0 heterocycles. The van der Waals surface area contributed by atoms with Crippen molar-refractivity contribution in [2.45, 2.75) is 64.6 Å². The number of ketones is 2. The summed E-state index contributed by atoms with van der Waals surface area (Å²) in [5.74, 6) is -0.836. The monoisotopic (exact) mass is 402 g/mol. The van der Waals surface area contributed by atoms with Crippen molar-refractivity contribution in [3.05, 3.63) is 23.8 Å². The van der Waals surface area contributed by atoms with Crippen molar-refractivity contribution in [3.63, 3.8) is 0 Å². The molecule has 158 valence electrons. The Balaban J connectivity index is 1.66. The Bertz CT molecular complexity index is 827. The second kappa shape index (κ2) is 6.61. The van der Waals surface area contributed by atoms with Crippen LogP contribution in [0.5, 0.6) is 0 Å². The zero-order valence-corrected chi connectivity index (χ0v) is 17.3. The van der Waals surface area contributed by atoms with Gasteiger partial charge in [0, 0.05) is 23.7 Å². The molecule has 0 aliphatic heterocycles. The van der Waals surface area contributed by atoms with Crippen LogP contribution in [0.2, 0.25) is 0 Å². The Morgan fingerprint density at radius 2 is 2.00 bits per heavy atom. The quantitative estimate of drug-likeness (QED) is 0.702. The highest BCUT2D eigenvalue weighted by molar-refractivity contribution is 6.01. The van der Waals surface area contributed by atoms with E-state index in [9.17, 15) is 24.6 Å². The Morgan fingerprint density at radius 3 is 2.69 bits per heavy atom. The number of ether oxygens (including phenoxy) is 1. The van der Waals surface area contributed by atoms with Gasteiger partial charge in [0.1, 0.15) is 5.60 Å². The minimum atomic E-state index is -1.60. The fourth-order valence-electron chi connectivity index (χ4n) is 7.08. The van der Waals surface area contributed by atoms with Gasteiger partial charge in [-0.3, -0.25) is 14.4 Å². The van der Waals surface area contributed by atoms with Gasteiger partial charge in [0.05, 0.1) is 6.10 Å². The van der Waals surface area contributed by atoms with E-state index >= 15 is 0 Å². The van der Waals surface area contributed by atoms with Crippen molar-refractivity contribution in [1.82, 2.24) is 0 Å². The third-order valence-corrected chi connectivity index (χ3v) is 8.52.